The summed E-state index contributed by atoms with van der Waals surface area (Å²) in [6.07, 6.45) is 2.56. The second-order valence-corrected chi connectivity index (χ2v) is 5.82. The fourth-order valence-corrected chi connectivity index (χ4v) is 3.23. The summed E-state index contributed by atoms with van der Waals surface area (Å²) in [5, 5.41) is 3.03. The number of hydrogen-bond donors (Lipinski definition) is 1. The monoisotopic (exact) mass is 342 g/mol. The zero-order chi connectivity index (χ0) is 17.6. The van der Waals surface area contributed by atoms with Gasteiger partial charge in [0.15, 0.2) is 17.3 Å². The number of aryl methyl sites for hydroxylation is 1. The molecule has 0 amide bonds. The molecule has 1 aromatic carbocycles. The van der Waals surface area contributed by atoms with Crippen LogP contribution in [0.1, 0.15) is 17.7 Å². The van der Waals surface area contributed by atoms with Crippen molar-refractivity contribution in [3.05, 3.63) is 33.7 Å². The topological polar surface area (TPSA) is 90.7 Å². The lowest BCUT2D eigenvalue weighted by Gasteiger charge is -2.13. The number of fused-ring (bicyclic) bond motifs is 2. The summed E-state index contributed by atoms with van der Waals surface area (Å²) in [5.74, 6) is 2.40. The van der Waals surface area contributed by atoms with Crippen LogP contribution in [-0.4, -0.2) is 40.9 Å². The van der Waals surface area contributed by atoms with Gasteiger partial charge < -0.3 is 14.2 Å². The number of rotatable bonds is 4. The van der Waals surface area contributed by atoms with E-state index in [4.69, 9.17) is 14.2 Å². The van der Waals surface area contributed by atoms with Crippen LogP contribution in [0.15, 0.2) is 16.9 Å². The van der Waals surface area contributed by atoms with Gasteiger partial charge in [0.05, 0.1) is 27.0 Å². The largest absolute Gasteiger partial charge is 0.493 e. The summed E-state index contributed by atoms with van der Waals surface area (Å²) in [6, 6.07) is 3.55. The third-order valence-electron chi connectivity index (χ3n) is 4.45. The Morgan fingerprint density at radius 2 is 1.76 bits per heavy atom. The van der Waals surface area contributed by atoms with Gasteiger partial charge >= 0.3 is 0 Å². The van der Waals surface area contributed by atoms with E-state index in [2.05, 4.69) is 15.1 Å². The van der Waals surface area contributed by atoms with E-state index in [1.165, 1.54) is 4.52 Å². The van der Waals surface area contributed by atoms with Crippen molar-refractivity contribution in [3.8, 4) is 28.6 Å². The van der Waals surface area contributed by atoms with Crippen LogP contribution in [0, 0.1) is 0 Å². The average molecular weight is 342 g/mol. The number of aromatic nitrogens is 4. The van der Waals surface area contributed by atoms with E-state index < -0.39 is 0 Å². The van der Waals surface area contributed by atoms with E-state index in [0.717, 1.165) is 30.5 Å². The van der Waals surface area contributed by atoms with Crippen LogP contribution in [0.5, 0.6) is 17.2 Å². The number of aromatic amines is 1. The highest BCUT2D eigenvalue weighted by molar-refractivity contribution is 5.67. The van der Waals surface area contributed by atoms with Gasteiger partial charge in [0.2, 0.25) is 5.75 Å². The minimum Gasteiger partial charge on any atom is -0.493 e. The normalized spacial score (nSPS) is 13.1. The number of nitrogens with one attached hydrogen (secondary N) is 1. The Morgan fingerprint density at radius 1 is 1.04 bits per heavy atom. The maximum Gasteiger partial charge on any atom is 0.277 e. The molecule has 0 spiro atoms. The first-order valence-corrected chi connectivity index (χ1v) is 7.97. The molecule has 130 valence electrons. The molecule has 8 nitrogen and oxygen atoms in total. The molecule has 0 aliphatic heterocycles. The van der Waals surface area contributed by atoms with Gasteiger partial charge in [-0.1, -0.05) is 0 Å². The summed E-state index contributed by atoms with van der Waals surface area (Å²) in [7, 11) is 4.65. The van der Waals surface area contributed by atoms with Crippen molar-refractivity contribution in [3.63, 3.8) is 0 Å². The maximum absolute atomic E-state index is 12.6. The minimum atomic E-state index is -0.0799. The Hall–Kier alpha value is -3.03. The second-order valence-electron chi connectivity index (χ2n) is 5.82. The summed E-state index contributed by atoms with van der Waals surface area (Å²) in [6.45, 7) is 0. The maximum atomic E-state index is 12.6. The van der Waals surface area contributed by atoms with Gasteiger partial charge in [0, 0.05) is 11.1 Å². The molecule has 0 saturated carbocycles. The van der Waals surface area contributed by atoms with Gasteiger partial charge in [0.25, 0.3) is 11.3 Å². The van der Waals surface area contributed by atoms with Gasteiger partial charge in [-0.25, -0.2) is 4.98 Å². The molecule has 0 bridgehead atoms. The van der Waals surface area contributed by atoms with Gasteiger partial charge in [-0.2, -0.15) is 9.50 Å². The predicted octanol–water partition coefficient (Wildman–Crippen LogP) is 1.60. The number of H-pyrrole nitrogens is 1. The number of methoxy groups -OCH3 is 3. The van der Waals surface area contributed by atoms with E-state index in [9.17, 15) is 4.79 Å². The molecular formula is C17H18N4O4. The van der Waals surface area contributed by atoms with Crippen LogP contribution in [0.25, 0.3) is 17.2 Å². The molecule has 2 heterocycles. The van der Waals surface area contributed by atoms with E-state index in [-0.39, 0.29) is 5.56 Å². The Kier molecular flexibility index (Phi) is 3.60. The summed E-state index contributed by atoms with van der Waals surface area (Å²) in [5.41, 5.74) is 2.26. The molecular weight excluding hydrogens is 324 g/mol. The zero-order valence-electron chi connectivity index (χ0n) is 14.3. The lowest BCUT2D eigenvalue weighted by molar-refractivity contribution is 0.324. The van der Waals surface area contributed by atoms with Crippen LogP contribution in [0.4, 0.5) is 0 Å². The first-order chi connectivity index (χ1) is 12.2. The first kappa shape index (κ1) is 15.5. The Balaban J connectivity index is 1.90. The van der Waals surface area contributed by atoms with Crippen LogP contribution in [-0.2, 0) is 12.8 Å². The minimum absolute atomic E-state index is 0.0799. The van der Waals surface area contributed by atoms with Gasteiger partial charge in [0.1, 0.15) is 0 Å². The van der Waals surface area contributed by atoms with Crippen molar-refractivity contribution in [1.29, 1.82) is 0 Å². The molecule has 0 atom stereocenters. The van der Waals surface area contributed by atoms with Gasteiger partial charge in [-0.3, -0.25) is 9.89 Å². The lowest BCUT2D eigenvalue weighted by Crippen LogP contribution is -2.20. The van der Waals surface area contributed by atoms with Crippen LogP contribution < -0.4 is 19.8 Å². The zero-order valence-corrected chi connectivity index (χ0v) is 14.3. The van der Waals surface area contributed by atoms with Crippen molar-refractivity contribution in [2.45, 2.75) is 19.3 Å². The molecule has 0 saturated heterocycles. The number of ether oxygens (including phenoxy) is 3. The lowest BCUT2D eigenvalue weighted by atomic mass is 10.1. The quantitative estimate of drug-likeness (QED) is 0.774. The smallest absolute Gasteiger partial charge is 0.277 e. The van der Waals surface area contributed by atoms with Crippen molar-refractivity contribution in [2.24, 2.45) is 0 Å². The third-order valence-corrected chi connectivity index (χ3v) is 4.45. The van der Waals surface area contributed by atoms with E-state index >= 15 is 0 Å². The molecule has 2 aromatic heterocycles. The SMILES string of the molecule is COc1cc(-c2nc3nc4c(c(=O)n3[nH]2)CCC4)cc(OC)c1OC. The van der Waals surface area contributed by atoms with E-state index in [0.29, 0.717) is 34.4 Å². The molecule has 0 fully saturated rings. The number of nitrogens with zero attached hydrogens (tertiary/aromatic N) is 3. The Morgan fingerprint density at radius 3 is 2.40 bits per heavy atom. The van der Waals surface area contributed by atoms with Crippen molar-refractivity contribution < 1.29 is 14.2 Å². The molecule has 25 heavy (non-hydrogen) atoms. The average Bonchev–Trinajstić information content (AvgIpc) is 3.27. The Bertz CT molecular complexity index is 996. The predicted molar refractivity (Wildman–Crippen MR) is 90.7 cm³/mol. The van der Waals surface area contributed by atoms with Crippen LogP contribution in [0.3, 0.4) is 0 Å². The van der Waals surface area contributed by atoms with Crippen LogP contribution in [0.2, 0.25) is 0 Å². The molecule has 0 unspecified atom stereocenters. The summed E-state index contributed by atoms with van der Waals surface area (Å²) >= 11 is 0. The third kappa shape index (κ3) is 2.33. The summed E-state index contributed by atoms with van der Waals surface area (Å²) in [4.78, 5) is 21.6. The van der Waals surface area contributed by atoms with E-state index in [1.54, 1.807) is 33.5 Å². The molecule has 8 heteroatoms. The van der Waals surface area contributed by atoms with Crippen molar-refractivity contribution in [1.82, 2.24) is 19.6 Å². The first-order valence-electron chi connectivity index (χ1n) is 7.97. The van der Waals surface area contributed by atoms with Crippen molar-refractivity contribution in [2.75, 3.05) is 21.3 Å². The number of hydrogen-bond acceptors (Lipinski definition) is 6. The van der Waals surface area contributed by atoms with Crippen LogP contribution >= 0.6 is 0 Å². The molecule has 1 N–H and O–H groups in total. The molecule has 1 aliphatic rings. The van der Waals surface area contributed by atoms with Gasteiger partial charge in [-0.15, -0.1) is 0 Å². The van der Waals surface area contributed by atoms with E-state index in [1.807, 2.05) is 0 Å². The van der Waals surface area contributed by atoms with Crippen molar-refractivity contribution >= 4 is 5.78 Å². The fourth-order valence-electron chi connectivity index (χ4n) is 3.23. The fraction of sp³-hybridized carbons (Fsp3) is 0.353. The highest BCUT2D eigenvalue weighted by Gasteiger charge is 2.21. The summed E-state index contributed by atoms with van der Waals surface area (Å²) < 4.78 is 17.5. The standard InChI is InChI=1S/C17H18N4O4/c1-23-12-7-9(8-13(24-2)14(12)25-3)15-19-17-18-11-6-4-5-10(11)16(22)21(17)20-15/h7-8H,4-6H2,1-3H3,(H,18,19,20). The number of benzene rings is 1. The Labute approximate surface area is 143 Å². The highest BCUT2D eigenvalue weighted by atomic mass is 16.5. The van der Waals surface area contributed by atoms with Gasteiger partial charge in [-0.05, 0) is 31.4 Å². The molecule has 0 radical (unpaired) electrons. The molecule has 4 rings (SSSR count). The molecule has 1 aliphatic carbocycles. The highest BCUT2D eigenvalue weighted by Crippen LogP contribution is 2.40. The second kappa shape index (κ2) is 5.80. The molecule has 3 aromatic rings.